The molecule has 0 bridgehead atoms. The molecule has 1 aliphatic heterocycles. The van der Waals surface area contributed by atoms with Crippen LogP contribution in [0.5, 0.6) is 0 Å². The van der Waals surface area contributed by atoms with Crippen molar-refractivity contribution < 1.29 is 14.6 Å². The molecular formula is C28H35N7O3. The first-order chi connectivity index (χ1) is 18.2. The number of hydrogen-bond acceptors (Lipinski definition) is 9. The molecule has 200 valence electrons. The van der Waals surface area contributed by atoms with E-state index in [1.54, 1.807) is 12.4 Å². The number of nitrogens with zero attached hydrogens (tertiary/aromatic N) is 5. The summed E-state index contributed by atoms with van der Waals surface area (Å²) in [5.74, 6) is -0.388. The Balaban J connectivity index is 1.79. The quantitative estimate of drug-likeness (QED) is 0.346. The topological polar surface area (TPSA) is 128 Å². The number of aromatic carboxylic acids is 1. The number of pyridine rings is 1. The molecule has 3 heterocycles. The summed E-state index contributed by atoms with van der Waals surface area (Å²) < 4.78 is 5.47. The van der Waals surface area contributed by atoms with Gasteiger partial charge in [-0.25, -0.2) is 19.7 Å². The molecule has 1 aliphatic rings. The lowest BCUT2D eigenvalue weighted by molar-refractivity contribution is 0.0690. The molecule has 3 N–H and O–H groups in total. The van der Waals surface area contributed by atoms with Crippen LogP contribution in [0, 0.1) is 11.3 Å². The van der Waals surface area contributed by atoms with Crippen LogP contribution in [0.2, 0.25) is 0 Å². The van der Waals surface area contributed by atoms with Crippen LogP contribution in [0.4, 0.5) is 23.1 Å². The summed E-state index contributed by atoms with van der Waals surface area (Å²) in [4.78, 5) is 29.7. The summed E-state index contributed by atoms with van der Waals surface area (Å²) in [6.45, 7) is 5.29. The third-order valence-electron chi connectivity index (χ3n) is 6.71. The molecule has 0 atom stereocenters. The Morgan fingerprint density at radius 1 is 1.13 bits per heavy atom. The van der Waals surface area contributed by atoms with Crippen LogP contribution in [-0.2, 0) is 4.74 Å². The zero-order chi connectivity index (χ0) is 27.4. The van der Waals surface area contributed by atoms with E-state index < -0.39 is 5.97 Å². The van der Waals surface area contributed by atoms with Gasteiger partial charge in [0.1, 0.15) is 5.82 Å². The van der Waals surface area contributed by atoms with Gasteiger partial charge >= 0.3 is 5.97 Å². The molecule has 3 aromatic rings. The number of aromatic nitrogens is 3. The fourth-order valence-electron chi connectivity index (χ4n) is 4.41. The van der Waals surface area contributed by atoms with Gasteiger partial charge in [0.15, 0.2) is 5.69 Å². The Morgan fingerprint density at radius 3 is 2.42 bits per heavy atom. The van der Waals surface area contributed by atoms with Gasteiger partial charge in [-0.05, 0) is 48.6 Å². The summed E-state index contributed by atoms with van der Waals surface area (Å²) >= 11 is 0. The van der Waals surface area contributed by atoms with Crippen LogP contribution in [0.3, 0.4) is 0 Å². The van der Waals surface area contributed by atoms with E-state index in [1.165, 1.54) is 6.07 Å². The van der Waals surface area contributed by atoms with Crippen molar-refractivity contribution >= 4 is 34.8 Å². The Labute approximate surface area is 223 Å². The van der Waals surface area contributed by atoms with Crippen molar-refractivity contribution in [3.05, 3.63) is 54.0 Å². The molecule has 0 unspecified atom stereocenters. The molecule has 0 spiro atoms. The zero-order valence-corrected chi connectivity index (χ0v) is 22.5. The first-order valence-electron chi connectivity index (χ1n) is 12.7. The highest BCUT2D eigenvalue weighted by atomic mass is 16.5. The minimum atomic E-state index is -1.16. The largest absolute Gasteiger partial charge is 0.477 e. The standard InChI is InChI=1S/C28H35N7O3/c1-17(2)25(29)24-22(18-15-30-28(31-16-18)35(5)20-9-11-38-12-10-20)14-23(27(36)37)33-26(24)32-19-7-6-8-21(13-19)34(3)4/h6-8,13-17,20,29H,9-12H2,1-5H3,(H,32,33)(H,36,37). The minimum absolute atomic E-state index is 0.125. The van der Waals surface area contributed by atoms with Gasteiger partial charge in [-0.2, -0.15) is 0 Å². The lowest BCUT2D eigenvalue weighted by Gasteiger charge is -2.31. The predicted octanol–water partition coefficient (Wildman–Crippen LogP) is 4.69. The van der Waals surface area contributed by atoms with Crippen LogP contribution in [0.25, 0.3) is 11.1 Å². The fraction of sp³-hybridized carbons (Fsp3) is 0.393. The third kappa shape index (κ3) is 5.91. The van der Waals surface area contributed by atoms with Crippen molar-refractivity contribution in [3.63, 3.8) is 0 Å². The Bertz CT molecular complexity index is 1300. The van der Waals surface area contributed by atoms with Gasteiger partial charge in [-0.1, -0.05) is 19.9 Å². The molecule has 4 rings (SSSR count). The highest BCUT2D eigenvalue weighted by Crippen LogP contribution is 2.33. The summed E-state index contributed by atoms with van der Waals surface area (Å²) in [6, 6.07) is 9.51. The number of benzene rings is 1. The molecule has 0 saturated carbocycles. The third-order valence-corrected chi connectivity index (χ3v) is 6.71. The van der Waals surface area contributed by atoms with Crippen molar-refractivity contribution in [1.29, 1.82) is 5.41 Å². The Hall–Kier alpha value is -4.05. The van der Waals surface area contributed by atoms with Gasteiger partial charge < -0.3 is 30.4 Å². The van der Waals surface area contributed by atoms with E-state index >= 15 is 0 Å². The fourth-order valence-corrected chi connectivity index (χ4v) is 4.41. The van der Waals surface area contributed by atoms with Gasteiger partial charge in [0.05, 0.1) is 0 Å². The van der Waals surface area contributed by atoms with Gasteiger partial charge in [0.2, 0.25) is 5.95 Å². The lowest BCUT2D eigenvalue weighted by atomic mass is 9.92. The van der Waals surface area contributed by atoms with E-state index in [-0.39, 0.29) is 11.6 Å². The molecular weight excluding hydrogens is 482 g/mol. The molecule has 1 fully saturated rings. The molecule has 10 heteroatoms. The van der Waals surface area contributed by atoms with E-state index in [2.05, 4.69) is 25.2 Å². The van der Waals surface area contributed by atoms with E-state index in [9.17, 15) is 9.90 Å². The van der Waals surface area contributed by atoms with Gasteiger partial charge in [-0.15, -0.1) is 0 Å². The number of carboxylic acids is 1. The number of rotatable bonds is 9. The SMILES string of the molecule is CC(C)C(=N)c1c(-c2cnc(N(C)C3CCOCC3)nc2)cc(C(=O)O)nc1Nc1cccc(N(C)C)c1. The van der Waals surface area contributed by atoms with E-state index in [0.29, 0.717) is 40.2 Å². The number of carboxylic acid groups (broad SMARTS) is 1. The van der Waals surface area contributed by atoms with Crippen LogP contribution >= 0.6 is 0 Å². The smallest absolute Gasteiger partial charge is 0.354 e. The molecule has 0 aliphatic carbocycles. The number of anilines is 4. The molecule has 38 heavy (non-hydrogen) atoms. The highest BCUT2D eigenvalue weighted by molar-refractivity contribution is 6.10. The van der Waals surface area contributed by atoms with Crippen molar-refractivity contribution in [3.8, 4) is 11.1 Å². The maximum atomic E-state index is 12.1. The Morgan fingerprint density at radius 2 is 1.82 bits per heavy atom. The number of ether oxygens (including phenoxy) is 1. The second kappa shape index (κ2) is 11.6. The molecule has 2 aromatic heterocycles. The maximum Gasteiger partial charge on any atom is 0.354 e. The number of nitrogens with one attached hydrogen (secondary N) is 2. The molecule has 1 saturated heterocycles. The summed E-state index contributed by atoms with van der Waals surface area (Å²) in [5.41, 5.74) is 3.60. The van der Waals surface area contributed by atoms with Crippen molar-refractivity contribution in [2.75, 3.05) is 49.5 Å². The van der Waals surface area contributed by atoms with E-state index in [1.807, 2.05) is 64.2 Å². The first kappa shape index (κ1) is 27.0. The van der Waals surface area contributed by atoms with Crippen LogP contribution in [-0.4, -0.2) is 72.1 Å². The highest BCUT2D eigenvalue weighted by Gasteiger charge is 2.24. The Kier molecular flexibility index (Phi) is 8.21. The van der Waals surface area contributed by atoms with Crippen LogP contribution in [0.1, 0.15) is 42.7 Å². The predicted molar refractivity (Wildman–Crippen MR) is 150 cm³/mol. The normalized spacial score (nSPS) is 13.8. The minimum Gasteiger partial charge on any atom is -0.477 e. The molecule has 0 amide bonds. The summed E-state index contributed by atoms with van der Waals surface area (Å²) in [5, 5.41) is 22.1. The second-order valence-electron chi connectivity index (χ2n) is 9.95. The molecule has 1 aromatic carbocycles. The van der Waals surface area contributed by atoms with Crippen LogP contribution < -0.4 is 15.1 Å². The first-order valence-corrected chi connectivity index (χ1v) is 12.7. The van der Waals surface area contributed by atoms with E-state index in [4.69, 9.17) is 10.1 Å². The van der Waals surface area contributed by atoms with Crippen molar-refractivity contribution in [2.45, 2.75) is 32.7 Å². The zero-order valence-electron chi connectivity index (χ0n) is 22.5. The maximum absolute atomic E-state index is 12.1. The van der Waals surface area contributed by atoms with Gasteiger partial charge in [0.25, 0.3) is 0 Å². The van der Waals surface area contributed by atoms with Gasteiger partial charge in [0, 0.05) is 81.0 Å². The molecule has 10 nitrogen and oxygen atoms in total. The summed E-state index contributed by atoms with van der Waals surface area (Å²) in [7, 11) is 5.87. The lowest BCUT2D eigenvalue weighted by Crippen LogP contribution is -2.37. The second-order valence-corrected chi connectivity index (χ2v) is 9.95. The molecule has 0 radical (unpaired) electrons. The summed E-state index contributed by atoms with van der Waals surface area (Å²) in [6.07, 6.45) is 5.20. The van der Waals surface area contributed by atoms with E-state index in [0.717, 1.165) is 37.4 Å². The van der Waals surface area contributed by atoms with Crippen LogP contribution in [0.15, 0.2) is 42.7 Å². The average molecular weight is 518 g/mol. The average Bonchev–Trinajstić information content (AvgIpc) is 2.92. The monoisotopic (exact) mass is 517 g/mol. The van der Waals surface area contributed by atoms with Crippen molar-refractivity contribution in [1.82, 2.24) is 15.0 Å². The number of carbonyl (C=O) groups is 1. The van der Waals surface area contributed by atoms with Crippen molar-refractivity contribution in [2.24, 2.45) is 5.92 Å². The van der Waals surface area contributed by atoms with Gasteiger partial charge in [-0.3, -0.25) is 0 Å². The number of hydrogen-bond donors (Lipinski definition) is 3.